The van der Waals surface area contributed by atoms with Crippen molar-refractivity contribution in [1.82, 2.24) is 19.5 Å². The van der Waals surface area contributed by atoms with E-state index >= 15 is 0 Å². The second kappa shape index (κ2) is 4.15. The molecule has 2 aromatic heterocycles. The van der Waals surface area contributed by atoms with Gasteiger partial charge in [0.05, 0.1) is 18.2 Å². The molecule has 3 rings (SSSR count). The average Bonchev–Trinajstić information content (AvgIpc) is 2.92. The van der Waals surface area contributed by atoms with Gasteiger partial charge in [0, 0.05) is 6.61 Å². The third-order valence-corrected chi connectivity index (χ3v) is 5.48. The van der Waals surface area contributed by atoms with Gasteiger partial charge in [-0.25, -0.2) is 9.97 Å². The Bertz CT molecular complexity index is 703. The molecule has 0 aromatic carbocycles. The van der Waals surface area contributed by atoms with E-state index < -0.39 is 0 Å². The van der Waals surface area contributed by atoms with Gasteiger partial charge in [0.15, 0.2) is 11.2 Å². The van der Waals surface area contributed by atoms with Gasteiger partial charge in [-0.3, -0.25) is 4.79 Å². The second-order valence-electron chi connectivity index (χ2n) is 6.43. The minimum absolute atomic E-state index is 0.0976. The summed E-state index contributed by atoms with van der Waals surface area (Å²) in [7, 11) is 0. The molecular formula is C14H20N4O2. The Morgan fingerprint density at radius 2 is 2.20 bits per heavy atom. The fraction of sp³-hybridized carbons (Fsp3) is 0.643. The molecule has 2 N–H and O–H groups in total. The lowest BCUT2D eigenvalue weighted by molar-refractivity contribution is 0.0649. The molecule has 2 heterocycles. The van der Waals surface area contributed by atoms with E-state index in [-0.39, 0.29) is 29.0 Å². The molecule has 20 heavy (non-hydrogen) atoms. The van der Waals surface area contributed by atoms with E-state index in [1.807, 2.05) is 4.57 Å². The first-order valence-electron chi connectivity index (χ1n) is 6.94. The number of nitrogens with one attached hydrogen (secondary N) is 1. The summed E-state index contributed by atoms with van der Waals surface area (Å²) in [6.07, 6.45) is 5.01. The predicted octanol–water partition coefficient (Wildman–Crippen LogP) is 1.26. The van der Waals surface area contributed by atoms with E-state index in [2.05, 4.69) is 35.7 Å². The van der Waals surface area contributed by atoms with E-state index in [9.17, 15) is 9.90 Å². The topological polar surface area (TPSA) is 83.8 Å². The van der Waals surface area contributed by atoms with Crippen molar-refractivity contribution in [2.45, 2.75) is 39.2 Å². The minimum Gasteiger partial charge on any atom is -0.396 e. The van der Waals surface area contributed by atoms with E-state index in [1.54, 1.807) is 6.33 Å². The molecule has 2 atom stereocenters. The maximum atomic E-state index is 11.8. The molecule has 6 nitrogen and oxygen atoms in total. The smallest absolute Gasteiger partial charge is 0.278 e. The number of aliphatic hydroxyl groups excluding tert-OH is 1. The van der Waals surface area contributed by atoms with Crippen LogP contribution in [0.15, 0.2) is 17.4 Å². The third-order valence-electron chi connectivity index (χ3n) is 5.48. The molecule has 0 unspecified atom stereocenters. The number of fused-ring (bicyclic) bond motifs is 1. The summed E-state index contributed by atoms with van der Waals surface area (Å²) in [5.41, 5.74) is 0.460. The second-order valence-corrected chi connectivity index (χ2v) is 6.43. The molecule has 0 radical (unpaired) electrons. The molecular weight excluding hydrogens is 256 g/mol. The van der Waals surface area contributed by atoms with Gasteiger partial charge in [-0.2, -0.15) is 0 Å². The molecule has 2 aromatic rings. The minimum atomic E-state index is -0.216. The zero-order chi connectivity index (χ0) is 14.5. The van der Waals surface area contributed by atoms with Gasteiger partial charge in [-0.05, 0) is 31.1 Å². The van der Waals surface area contributed by atoms with Crippen molar-refractivity contribution in [3.8, 4) is 0 Å². The van der Waals surface area contributed by atoms with Gasteiger partial charge >= 0.3 is 0 Å². The van der Waals surface area contributed by atoms with Crippen LogP contribution in [-0.4, -0.2) is 31.2 Å². The Kier molecular flexibility index (Phi) is 2.76. The molecule has 1 aliphatic rings. The largest absolute Gasteiger partial charge is 0.396 e. The molecule has 0 bridgehead atoms. The van der Waals surface area contributed by atoms with E-state index in [4.69, 9.17) is 0 Å². The van der Waals surface area contributed by atoms with Gasteiger partial charge in [-0.15, -0.1) is 0 Å². The molecule has 0 saturated heterocycles. The first kappa shape index (κ1) is 13.3. The van der Waals surface area contributed by atoms with Crippen LogP contribution in [0.5, 0.6) is 0 Å². The Labute approximate surface area is 116 Å². The van der Waals surface area contributed by atoms with E-state index in [0.29, 0.717) is 11.2 Å². The van der Waals surface area contributed by atoms with Crippen molar-refractivity contribution in [3.05, 3.63) is 23.0 Å². The quantitative estimate of drug-likeness (QED) is 0.865. The maximum absolute atomic E-state index is 11.8. The molecule has 0 amide bonds. The maximum Gasteiger partial charge on any atom is 0.278 e. The summed E-state index contributed by atoms with van der Waals surface area (Å²) in [5.74, 6) is 0.243. The summed E-state index contributed by atoms with van der Waals surface area (Å²) < 4.78 is 2.01. The van der Waals surface area contributed by atoms with Crippen molar-refractivity contribution in [2.24, 2.45) is 11.3 Å². The number of aliphatic hydroxyl groups is 1. The Hall–Kier alpha value is -1.69. The highest BCUT2D eigenvalue weighted by Crippen LogP contribution is 2.54. The van der Waals surface area contributed by atoms with Gasteiger partial charge in [0.25, 0.3) is 5.56 Å². The molecule has 1 fully saturated rings. The van der Waals surface area contributed by atoms with Crippen LogP contribution < -0.4 is 5.56 Å². The van der Waals surface area contributed by atoms with Crippen molar-refractivity contribution in [3.63, 3.8) is 0 Å². The van der Waals surface area contributed by atoms with Crippen LogP contribution >= 0.6 is 0 Å². The summed E-state index contributed by atoms with van der Waals surface area (Å²) in [6, 6.07) is 0. The number of aromatic amines is 1. The molecule has 108 valence electrons. The Morgan fingerprint density at radius 3 is 2.85 bits per heavy atom. The first-order chi connectivity index (χ1) is 9.41. The van der Waals surface area contributed by atoms with E-state index in [0.717, 1.165) is 12.8 Å². The van der Waals surface area contributed by atoms with Crippen LogP contribution in [0.2, 0.25) is 0 Å². The normalized spacial score (nSPS) is 29.1. The number of hydrogen-bond acceptors (Lipinski definition) is 4. The summed E-state index contributed by atoms with van der Waals surface area (Å²) in [6.45, 7) is 6.68. The zero-order valence-corrected chi connectivity index (χ0v) is 12.1. The van der Waals surface area contributed by atoms with Crippen LogP contribution in [0.4, 0.5) is 0 Å². The molecule has 6 heteroatoms. The number of nitrogens with zero attached hydrogens (tertiary/aromatic N) is 3. The number of H-pyrrole nitrogens is 1. The fourth-order valence-electron chi connectivity index (χ4n) is 3.54. The highest BCUT2D eigenvalue weighted by molar-refractivity contribution is 5.69. The summed E-state index contributed by atoms with van der Waals surface area (Å²) >= 11 is 0. The highest BCUT2D eigenvalue weighted by Gasteiger charge is 2.52. The molecule has 0 spiro atoms. The molecule has 0 aliphatic heterocycles. The fourth-order valence-corrected chi connectivity index (χ4v) is 3.54. The number of imidazole rings is 1. The van der Waals surface area contributed by atoms with Crippen molar-refractivity contribution in [1.29, 1.82) is 0 Å². The standard InChI is InChI=1S/C14H20N4O2/c1-13(2)9(6-19)4-5-14(13,3)18-8-17-10-11(18)15-7-16-12(10)20/h7-9,19H,4-6H2,1-3H3,(H,15,16,20)/t9-,14-/m1/s1. The number of aromatic nitrogens is 4. The molecule has 1 aliphatic carbocycles. The first-order valence-corrected chi connectivity index (χ1v) is 6.94. The van der Waals surface area contributed by atoms with Crippen LogP contribution in [0.25, 0.3) is 11.2 Å². The van der Waals surface area contributed by atoms with Crippen LogP contribution in [0.3, 0.4) is 0 Å². The van der Waals surface area contributed by atoms with Crippen molar-refractivity contribution < 1.29 is 5.11 Å². The predicted molar refractivity (Wildman–Crippen MR) is 75.4 cm³/mol. The van der Waals surface area contributed by atoms with Crippen molar-refractivity contribution in [2.75, 3.05) is 6.61 Å². The summed E-state index contributed by atoms with van der Waals surface area (Å²) in [5, 5.41) is 9.59. The third kappa shape index (κ3) is 1.51. The average molecular weight is 276 g/mol. The van der Waals surface area contributed by atoms with Gasteiger partial charge in [0.2, 0.25) is 0 Å². The van der Waals surface area contributed by atoms with Crippen molar-refractivity contribution >= 4 is 11.2 Å². The highest BCUT2D eigenvalue weighted by atomic mass is 16.3. The van der Waals surface area contributed by atoms with Gasteiger partial charge in [-0.1, -0.05) is 13.8 Å². The number of hydrogen-bond donors (Lipinski definition) is 2. The summed E-state index contributed by atoms with van der Waals surface area (Å²) in [4.78, 5) is 22.8. The lowest BCUT2D eigenvalue weighted by Crippen LogP contribution is -2.43. The SMILES string of the molecule is CC1(C)[C@@H](CO)CC[C@@]1(C)n1cnc2c(=O)[nH]cnc21. The lowest BCUT2D eigenvalue weighted by atomic mass is 9.71. The lowest BCUT2D eigenvalue weighted by Gasteiger charge is -2.42. The van der Waals surface area contributed by atoms with E-state index in [1.165, 1.54) is 6.33 Å². The molecule has 1 saturated carbocycles. The van der Waals surface area contributed by atoms with Gasteiger partial charge < -0.3 is 14.7 Å². The van der Waals surface area contributed by atoms with Crippen LogP contribution in [0, 0.1) is 11.3 Å². The monoisotopic (exact) mass is 276 g/mol. The van der Waals surface area contributed by atoms with Gasteiger partial charge in [0.1, 0.15) is 0 Å². The van der Waals surface area contributed by atoms with Crippen LogP contribution in [-0.2, 0) is 5.54 Å². The number of rotatable bonds is 2. The zero-order valence-electron chi connectivity index (χ0n) is 12.1. The Morgan fingerprint density at radius 1 is 1.45 bits per heavy atom. The Balaban J connectivity index is 2.21. The van der Waals surface area contributed by atoms with Crippen LogP contribution in [0.1, 0.15) is 33.6 Å².